The fraction of sp³-hybridized carbons (Fsp3) is 0.160. The third-order valence-corrected chi connectivity index (χ3v) is 5.96. The molecule has 0 unspecified atom stereocenters. The molecule has 0 aliphatic carbocycles. The second-order valence-electron chi connectivity index (χ2n) is 7.86. The highest BCUT2D eigenvalue weighted by Crippen LogP contribution is 2.40. The van der Waals surface area contributed by atoms with Gasteiger partial charge in [0.15, 0.2) is 0 Å². The van der Waals surface area contributed by atoms with Gasteiger partial charge in [-0.25, -0.2) is 9.37 Å². The minimum atomic E-state index is -0.415. The maximum absolute atomic E-state index is 14.9. The lowest BCUT2D eigenvalue weighted by molar-refractivity contribution is 0.584. The summed E-state index contributed by atoms with van der Waals surface area (Å²) in [6.45, 7) is 4.34. The largest absolute Gasteiger partial charge is 0.325 e. The Bertz CT molecular complexity index is 1250. The highest BCUT2D eigenvalue weighted by atomic mass is 35.5. The number of benzene rings is 3. The van der Waals surface area contributed by atoms with Crippen LogP contribution in [0.4, 0.5) is 10.3 Å². The Balaban J connectivity index is 1.71. The van der Waals surface area contributed by atoms with Crippen molar-refractivity contribution < 1.29 is 4.39 Å². The fourth-order valence-electron chi connectivity index (χ4n) is 4.03. The van der Waals surface area contributed by atoms with Crippen molar-refractivity contribution in [3.05, 3.63) is 100 Å². The minimum Gasteiger partial charge on any atom is -0.325 e. The molecule has 0 spiro atoms. The molecule has 30 heavy (non-hydrogen) atoms. The van der Waals surface area contributed by atoms with Gasteiger partial charge in [-0.3, -0.25) is 4.57 Å². The number of fused-ring (bicyclic) bond motifs is 3. The zero-order valence-corrected chi connectivity index (χ0v) is 17.5. The normalized spacial score (nSPS) is 15.8. The monoisotopic (exact) mass is 417 g/mol. The quantitative estimate of drug-likeness (QED) is 0.388. The molecular weight excluding hydrogens is 397 g/mol. The summed E-state index contributed by atoms with van der Waals surface area (Å²) in [6.07, 6.45) is 2.02. The van der Waals surface area contributed by atoms with Crippen LogP contribution in [0.3, 0.4) is 0 Å². The number of imidazole rings is 1. The van der Waals surface area contributed by atoms with Crippen LogP contribution in [0.15, 0.2) is 72.8 Å². The van der Waals surface area contributed by atoms with E-state index in [0.717, 1.165) is 22.3 Å². The van der Waals surface area contributed by atoms with Crippen molar-refractivity contribution in [2.24, 2.45) is 0 Å². The highest BCUT2D eigenvalue weighted by molar-refractivity contribution is 6.31. The average molecular weight is 418 g/mol. The van der Waals surface area contributed by atoms with Crippen LogP contribution in [0.5, 0.6) is 0 Å². The first-order valence-corrected chi connectivity index (χ1v) is 10.4. The van der Waals surface area contributed by atoms with E-state index in [1.807, 2.05) is 34.9 Å². The molecule has 3 nitrogen and oxygen atoms in total. The number of halogens is 2. The van der Waals surface area contributed by atoms with E-state index in [9.17, 15) is 4.39 Å². The molecule has 1 aromatic heterocycles. The van der Waals surface area contributed by atoms with E-state index in [2.05, 4.69) is 43.4 Å². The Morgan fingerprint density at radius 3 is 2.50 bits per heavy atom. The molecule has 0 amide bonds. The summed E-state index contributed by atoms with van der Waals surface area (Å²) >= 11 is 6.47. The topological polar surface area (TPSA) is 29.9 Å². The molecule has 0 radical (unpaired) electrons. The molecule has 1 aliphatic rings. The molecule has 0 bridgehead atoms. The van der Waals surface area contributed by atoms with Gasteiger partial charge in [-0.15, -0.1) is 0 Å². The van der Waals surface area contributed by atoms with E-state index >= 15 is 0 Å². The first kappa shape index (κ1) is 18.9. The van der Waals surface area contributed by atoms with Gasteiger partial charge < -0.3 is 5.32 Å². The Hall–Kier alpha value is -3.11. The molecule has 2 heterocycles. The molecule has 0 saturated heterocycles. The fourth-order valence-corrected chi connectivity index (χ4v) is 4.31. The van der Waals surface area contributed by atoms with Crippen molar-refractivity contribution in [1.82, 2.24) is 9.55 Å². The highest BCUT2D eigenvalue weighted by Gasteiger charge is 2.28. The molecule has 1 atom stereocenters. The number of hydrogen-bond acceptors (Lipinski definition) is 2. The van der Waals surface area contributed by atoms with Gasteiger partial charge in [-0.1, -0.05) is 67.9 Å². The minimum absolute atomic E-state index is 0.330. The zero-order chi connectivity index (χ0) is 20.8. The molecule has 5 heteroatoms. The van der Waals surface area contributed by atoms with Crippen LogP contribution < -0.4 is 5.32 Å². The van der Waals surface area contributed by atoms with Crippen molar-refractivity contribution in [1.29, 1.82) is 0 Å². The van der Waals surface area contributed by atoms with Crippen LogP contribution >= 0.6 is 11.6 Å². The second-order valence-corrected chi connectivity index (χ2v) is 8.26. The number of anilines is 1. The number of aromatic nitrogens is 2. The standard InChI is InChI=1S/C25H21ClFN3/c1-15(2)16-10-12-17(13-11-16)21-14-23(24-18(26)6-5-7-19(24)27)30-22-9-4-3-8-20(22)28-25(30)29-21/h3-15,23H,1-2H3,(H,28,29)/t23-/m1/s1. The van der Waals surface area contributed by atoms with Crippen molar-refractivity contribution in [2.75, 3.05) is 5.32 Å². The number of hydrogen-bond donors (Lipinski definition) is 1. The van der Waals surface area contributed by atoms with E-state index in [-0.39, 0.29) is 5.82 Å². The molecule has 0 fully saturated rings. The number of rotatable bonds is 3. The van der Waals surface area contributed by atoms with Gasteiger partial charge in [0, 0.05) is 16.3 Å². The molecule has 4 aromatic rings. The molecule has 1 N–H and O–H groups in total. The number of nitrogens with one attached hydrogen (secondary N) is 1. The van der Waals surface area contributed by atoms with E-state index in [0.29, 0.717) is 22.5 Å². The van der Waals surface area contributed by atoms with Crippen LogP contribution in [0.25, 0.3) is 16.7 Å². The molecule has 0 saturated carbocycles. The van der Waals surface area contributed by atoms with Gasteiger partial charge in [-0.2, -0.15) is 0 Å². The molecule has 1 aliphatic heterocycles. The summed E-state index contributed by atoms with van der Waals surface area (Å²) in [6, 6.07) is 20.7. The third-order valence-electron chi connectivity index (χ3n) is 5.63. The number of para-hydroxylation sites is 2. The van der Waals surface area contributed by atoms with Gasteiger partial charge in [-0.05, 0) is 47.4 Å². The molecule has 150 valence electrons. The summed E-state index contributed by atoms with van der Waals surface area (Å²) in [5, 5.41) is 3.84. The van der Waals surface area contributed by atoms with Crippen LogP contribution in [-0.4, -0.2) is 9.55 Å². The molecule has 3 aromatic carbocycles. The Morgan fingerprint density at radius 2 is 1.77 bits per heavy atom. The Labute approximate surface area is 179 Å². The lowest BCUT2D eigenvalue weighted by Crippen LogP contribution is -2.20. The summed E-state index contributed by atoms with van der Waals surface area (Å²) in [5.74, 6) is 0.802. The lowest BCUT2D eigenvalue weighted by atomic mass is 9.98. The van der Waals surface area contributed by atoms with E-state index in [1.54, 1.807) is 12.1 Å². The van der Waals surface area contributed by atoms with Crippen molar-refractivity contribution in [3.8, 4) is 0 Å². The third kappa shape index (κ3) is 3.08. The second kappa shape index (κ2) is 7.29. The average Bonchev–Trinajstić information content (AvgIpc) is 3.12. The van der Waals surface area contributed by atoms with Crippen LogP contribution in [-0.2, 0) is 0 Å². The van der Waals surface area contributed by atoms with Crippen LogP contribution in [0.1, 0.15) is 42.5 Å². The summed E-state index contributed by atoms with van der Waals surface area (Å²) in [7, 11) is 0. The van der Waals surface area contributed by atoms with E-state index in [1.165, 1.54) is 11.6 Å². The lowest BCUT2D eigenvalue weighted by Gasteiger charge is -2.27. The predicted octanol–water partition coefficient (Wildman–Crippen LogP) is 7.01. The van der Waals surface area contributed by atoms with E-state index in [4.69, 9.17) is 16.6 Å². The maximum Gasteiger partial charge on any atom is 0.209 e. The SMILES string of the molecule is CC(C)c1ccc(C2=C[C@H](c3c(F)cccc3Cl)n3c(nc4ccccc43)N2)cc1. The molecular formula is C25H21ClFN3. The summed E-state index contributed by atoms with van der Waals surface area (Å²) in [5.41, 5.74) is 5.40. The van der Waals surface area contributed by atoms with E-state index < -0.39 is 6.04 Å². The van der Waals surface area contributed by atoms with Gasteiger partial charge in [0.2, 0.25) is 5.95 Å². The van der Waals surface area contributed by atoms with Gasteiger partial charge >= 0.3 is 0 Å². The first-order valence-electron chi connectivity index (χ1n) is 10.0. The summed E-state index contributed by atoms with van der Waals surface area (Å²) in [4.78, 5) is 4.76. The predicted molar refractivity (Wildman–Crippen MR) is 121 cm³/mol. The number of nitrogens with zero attached hydrogens (tertiary/aromatic N) is 2. The molecule has 5 rings (SSSR count). The maximum atomic E-state index is 14.9. The Kier molecular flexibility index (Phi) is 4.59. The van der Waals surface area contributed by atoms with Crippen LogP contribution in [0.2, 0.25) is 5.02 Å². The van der Waals surface area contributed by atoms with Crippen molar-refractivity contribution >= 4 is 34.3 Å². The van der Waals surface area contributed by atoms with Crippen LogP contribution in [0, 0.1) is 5.82 Å². The van der Waals surface area contributed by atoms with Crippen molar-refractivity contribution in [2.45, 2.75) is 25.8 Å². The number of allylic oxidation sites excluding steroid dienone is 1. The van der Waals surface area contributed by atoms with Gasteiger partial charge in [0.1, 0.15) is 5.82 Å². The Morgan fingerprint density at radius 1 is 1.00 bits per heavy atom. The van der Waals surface area contributed by atoms with Crippen molar-refractivity contribution in [3.63, 3.8) is 0 Å². The zero-order valence-electron chi connectivity index (χ0n) is 16.7. The van der Waals surface area contributed by atoms with Gasteiger partial charge in [0.25, 0.3) is 0 Å². The summed E-state index contributed by atoms with van der Waals surface area (Å²) < 4.78 is 16.9. The first-order chi connectivity index (χ1) is 14.5. The van der Waals surface area contributed by atoms with Gasteiger partial charge in [0.05, 0.1) is 17.1 Å². The smallest absolute Gasteiger partial charge is 0.209 e.